The predicted octanol–water partition coefficient (Wildman–Crippen LogP) is 3.18. The van der Waals surface area contributed by atoms with Crippen molar-refractivity contribution in [2.45, 2.75) is 25.9 Å². The summed E-state index contributed by atoms with van der Waals surface area (Å²) >= 11 is 0. The molecule has 0 fully saturated rings. The molecular weight excluding hydrogens is 307 g/mol. The summed E-state index contributed by atoms with van der Waals surface area (Å²) in [6, 6.07) is 7.87. The van der Waals surface area contributed by atoms with Crippen LogP contribution in [0.5, 0.6) is 0 Å². The third kappa shape index (κ3) is 3.46. The third-order valence-electron chi connectivity index (χ3n) is 3.88. The minimum atomic E-state index is -0.821. The predicted molar refractivity (Wildman–Crippen MR) is 89.0 cm³/mol. The van der Waals surface area contributed by atoms with Crippen LogP contribution in [0, 0.1) is 5.82 Å². The van der Waals surface area contributed by atoms with Gasteiger partial charge in [0.15, 0.2) is 0 Å². The van der Waals surface area contributed by atoms with E-state index in [-0.39, 0.29) is 18.6 Å². The van der Waals surface area contributed by atoms with Crippen molar-refractivity contribution in [1.29, 1.82) is 0 Å². The first-order valence-corrected chi connectivity index (χ1v) is 7.70. The van der Waals surface area contributed by atoms with Gasteiger partial charge in [0.05, 0.1) is 11.6 Å². The van der Waals surface area contributed by atoms with Gasteiger partial charge in [0, 0.05) is 36.8 Å². The summed E-state index contributed by atoms with van der Waals surface area (Å²) in [6.07, 6.45) is 4.47. The SMILES string of the molecule is CC(O)c1c(CC(=O)Cc2cccnc2)cnc2ccc(F)cc12. The first-order chi connectivity index (χ1) is 11.5. The molecule has 1 unspecified atom stereocenters. The Morgan fingerprint density at radius 1 is 1.25 bits per heavy atom. The molecule has 0 aliphatic heterocycles. The molecule has 4 nitrogen and oxygen atoms in total. The highest BCUT2D eigenvalue weighted by molar-refractivity contribution is 5.87. The smallest absolute Gasteiger partial charge is 0.141 e. The van der Waals surface area contributed by atoms with Crippen molar-refractivity contribution in [3.8, 4) is 0 Å². The Kier molecular flexibility index (Phi) is 4.62. The van der Waals surface area contributed by atoms with Gasteiger partial charge in [-0.25, -0.2) is 4.39 Å². The summed E-state index contributed by atoms with van der Waals surface area (Å²) in [6.45, 7) is 1.61. The van der Waals surface area contributed by atoms with Gasteiger partial charge in [-0.3, -0.25) is 14.8 Å². The van der Waals surface area contributed by atoms with Crippen LogP contribution in [0.3, 0.4) is 0 Å². The number of benzene rings is 1. The van der Waals surface area contributed by atoms with Crippen molar-refractivity contribution in [1.82, 2.24) is 9.97 Å². The second-order valence-electron chi connectivity index (χ2n) is 5.79. The maximum atomic E-state index is 13.6. The molecule has 1 atom stereocenters. The van der Waals surface area contributed by atoms with E-state index in [2.05, 4.69) is 9.97 Å². The van der Waals surface area contributed by atoms with Crippen LogP contribution in [0.1, 0.15) is 29.7 Å². The number of carbonyl (C=O) groups is 1. The molecule has 1 N–H and O–H groups in total. The lowest BCUT2D eigenvalue weighted by Gasteiger charge is -2.14. The van der Waals surface area contributed by atoms with Gasteiger partial charge < -0.3 is 5.11 Å². The van der Waals surface area contributed by atoms with Crippen LogP contribution >= 0.6 is 0 Å². The lowest BCUT2D eigenvalue weighted by atomic mass is 9.95. The van der Waals surface area contributed by atoms with Crippen LogP contribution in [-0.4, -0.2) is 20.9 Å². The monoisotopic (exact) mass is 324 g/mol. The number of hydrogen-bond acceptors (Lipinski definition) is 4. The van der Waals surface area contributed by atoms with E-state index in [1.54, 1.807) is 37.6 Å². The highest BCUT2D eigenvalue weighted by Gasteiger charge is 2.16. The number of carbonyl (C=O) groups excluding carboxylic acids is 1. The number of ketones is 1. The molecule has 0 spiro atoms. The van der Waals surface area contributed by atoms with Crippen LogP contribution in [-0.2, 0) is 17.6 Å². The zero-order chi connectivity index (χ0) is 17.1. The molecule has 3 aromatic rings. The Labute approximate surface area is 139 Å². The van der Waals surface area contributed by atoms with Gasteiger partial charge in [0.25, 0.3) is 0 Å². The standard InChI is InChI=1S/C19H17FN2O2/c1-12(23)19-14(8-16(24)7-13-3-2-6-21-10-13)11-22-18-5-4-15(20)9-17(18)19/h2-6,9-12,23H,7-8H2,1H3. The van der Waals surface area contributed by atoms with E-state index in [9.17, 15) is 14.3 Å². The van der Waals surface area contributed by atoms with Crippen molar-refractivity contribution in [2.24, 2.45) is 0 Å². The molecule has 0 aliphatic rings. The second-order valence-corrected chi connectivity index (χ2v) is 5.79. The van der Waals surface area contributed by atoms with E-state index in [0.29, 0.717) is 22.0 Å². The summed E-state index contributed by atoms with van der Waals surface area (Å²) in [5, 5.41) is 10.7. The third-order valence-corrected chi connectivity index (χ3v) is 3.88. The number of aromatic nitrogens is 2. The van der Waals surface area contributed by atoms with Gasteiger partial charge in [0.2, 0.25) is 0 Å². The number of halogens is 1. The van der Waals surface area contributed by atoms with Crippen molar-refractivity contribution < 1.29 is 14.3 Å². The molecule has 0 saturated heterocycles. The summed E-state index contributed by atoms with van der Waals surface area (Å²) < 4.78 is 13.6. The van der Waals surface area contributed by atoms with E-state index in [0.717, 1.165) is 5.56 Å². The Bertz CT molecular complexity index is 879. The quantitative estimate of drug-likeness (QED) is 0.783. The largest absolute Gasteiger partial charge is 0.389 e. The molecule has 0 radical (unpaired) electrons. The molecule has 2 heterocycles. The molecule has 0 saturated carbocycles. The van der Waals surface area contributed by atoms with Gasteiger partial charge in [-0.05, 0) is 47.9 Å². The number of Topliss-reactive ketones (excluding diaryl/α,β-unsaturated/α-hetero) is 1. The van der Waals surface area contributed by atoms with Gasteiger partial charge in [-0.15, -0.1) is 0 Å². The molecule has 0 amide bonds. The lowest BCUT2D eigenvalue weighted by molar-refractivity contribution is -0.117. The van der Waals surface area contributed by atoms with E-state index in [1.165, 1.54) is 12.1 Å². The molecule has 2 aromatic heterocycles. The van der Waals surface area contributed by atoms with Gasteiger partial charge in [-0.1, -0.05) is 6.07 Å². The van der Waals surface area contributed by atoms with Gasteiger partial charge in [-0.2, -0.15) is 0 Å². The van der Waals surface area contributed by atoms with E-state index in [4.69, 9.17) is 0 Å². The van der Waals surface area contributed by atoms with Crippen LogP contribution < -0.4 is 0 Å². The number of rotatable bonds is 5. The highest BCUT2D eigenvalue weighted by Crippen LogP contribution is 2.27. The number of aliphatic hydroxyl groups excluding tert-OH is 1. The van der Waals surface area contributed by atoms with E-state index in [1.807, 2.05) is 6.07 Å². The minimum Gasteiger partial charge on any atom is -0.389 e. The van der Waals surface area contributed by atoms with Crippen LogP contribution in [0.2, 0.25) is 0 Å². The number of pyridine rings is 2. The Hall–Kier alpha value is -2.66. The molecule has 3 rings (SSSR count). The van der Waals surface area contributed by atoms with Gasteiger partial charge in [0.1, 0.15) is 11.6 Å². The second kappa shape index (κ2) is 6.84. The summed E-state index contributed by atoms with van der Waals surface area (Å²) in [5.41, 5.74) is 2.60. The van der Waals surface area contributed by atoms with Crippen molar-refractivity contribution in [3.63, 3.8) is 0 Å². The fourth-order valence-electron chi connectivity index (χ4n) is 2.87. The normalized spacial score (nSPS) is 12.3. The minimum absolute atomic E-state index is 0.0116. The average molecular weight is 324 g/mol. The van der Waals surface area contributed by atoms with Crippen molar-refractivity contribution in [2.75, 3.05) is 0 Å². The average Bonchev–Trinajstić information content (AvgIpc) is 2.54. The molecule has 0 bridgehead atoms. The Morgan fingerprint density at radius 3 is 2.79 bits per heavy atom. The number of fused-ring (bicyclic) bond motifs is 1. The summed E-state index contributed by atoms with van der Waals surface area (Å²) in [5.74, 6) is -0.410. The zero-order valence-corrected chi connectivity index (χ0v) is 13.2. The maximum Gasteiger partial charge on any atom is 0.141 e. The topological polar surface area (TPSA) is 63.1 Å². The van der Waals surface area contributed by atoms with Gasteiger partial charge >= 0.3 is 0 Å². The molecule has 122 valence electrons. The molecule has 5 heteroatoms. The Morgan fingerprint density at radius 2 is 2.08 bits per heavy atom. The van der Waals surface area contributed by atoms with E-state index >= 15 is 0 Å². The lowest BCUT2D eigenvalue weighted by Crippen LogP contribution is -2.11. The molecule has 24 heavy (non-hydrogen) atoms. The molecule has 1 aromatic carbocycles. The number of aliphatic hydroxyl groups is 1. The summed E-state index contributed by atoms with van der Waals surface area (Å²) in [7, 11) is 0. The molecular formula is C19H17FN2O2. The highest BCUT2D eigenvalue weighted by atomic mass is 19.1. The number of hydrogen-bond donors (Lipinski definition) is 1. The van der Waals surface area contributed by atoms with Crippen LogP contribution in [0.25, 0.3) is 10.9 Å². The van der Waals surface area contributed by atoms with E-state index < -0.39 is 11.9 Å². The van der Waals surface area contributed by atoms with Crippen LogP contribution in [0.4, 0.5) is 4.39 Å². The Balaban J connectivity index is 1.94. The zero-order valence-electron chi connectivity index (χ0n) is 13.2. The van der Waals surface area contributed by atoms with Crippen LogP contribution in [0.15, 0.2) is 48.9 Å². The van der Waals surface area contributed by atoms with Crippen molar-refractivity contribution in [3.05, 3.63) is 71.4 Å². The fourth-order valence-corrected chi connectivity index (χ4v) is 2.87. The summed E-state index contributed by atoms with van der Waals surface area (Å²) in [4.78, 5) is 20.6. The molecule has 0 aliphatic carbocycles. The van der Waals surface area contributed by atoms with Crippen molar-refractivity contribution >= 4 is 16.7 Å². The maximum absolute atomic E-state index is 13.6. The number of nitrogens with zero attached hydrogens (tertiary/aromatic N) is 2. The first kappa shape index (κ1) is 16.2. The fraction of sp³-hybridized carbons (Fsp3) is 0.211. The first-order valence-electron chi connectivity index (χ1n) is 7.70.